The number of halogens is 1. The third-order valence-corrected chi connectivity index (χ3v) is 3.18. The van der Waals surface area contributed by atoms with Gasteiger partial charge < -0.3 is 14.7 Å². The predicted molar refractivity (Wildman–Crippen MR) is 70.1 cm³/mol. The largest absolute Gasteiger partial charge is 0.478 e. The maximum Gasteiger partial charge on any atom is 0.338 e. The van der Waals surface area contributed by atoms with Crippen molar-refractivity contribution in [1.82, 2.24) is 0 Å². The first-order valence-corrected chi connectivity index (χ1v) is 6.06. The van der Waals surface area contributed by atoms with Crippen LogP contribution in [0.2, 0.25) is 0 Å². The number of carbonyl (C=O) groups is 1. The average molecular weight is 265 g/mol. The molecule has 4 nitrogen and oxygen atoms in total. The highest BCUT2D eigenvalue weighted by Crippen LogP contribution is 2.22. The maximum absolute atomic E-state index is 13.6. The first-order chi connectivity index (χ1) is 9.11. The molecule has 0 spiro atoms. The molecule has 5 heteroatoms. The number of aromatic carboxylic acids is 1. The summed E-state index contributed by atoms with van der Waals surface area (Å²) < 4.78 is 18.7. The van der Waals surface area contributed by atoms with Crippen molar-refractivity contribution in [3.8, 4) is 0 Å². The molecule has 19 heavy (non-hydrogen) atoms. The maximum atomic E-state index is 13.6. The van der Waals surface area contributed by atoms with E-state index in [9.17, 15) is 9.18 Å². The summed E-state index contributed by atoms with van der Waals surface area (Å²) in [6.07, 6.45) is 2.94. The summed E-state index contributed by atoms with van der Waals surface area (Å²) in [7, 11) is 1.66. The Bertz CT molecular complexity index is 513. The van der Waals surface area contributed by atoms with Crippen LogP contribution in [0.1, 0.15) is 16.8 Å². The van der Waals surface area contributed by atoms with Crippen LogP contribution in [0.5, 0.6) is 0 Å². The summed E-state index contributed by atoms with van der Waals surface area (Å²) >= 11 is 0. The number of rotatable bonds is 4. The highest BCUT2D eigenvalue weighted by atomic mass is 19.1. The Balaban J connectivity index is 2.12. The number of anilines is 1. The number of methoxy groups -OCH3 is 1. The van der Waals surface area contributed by atoms with E-state index in [2.05, 4.69) is 6.08 Å². The summed E-state index contributed by atoms with van der Waals surface area (Å²) in [5.74, 6) is -1.94. The smallest absolute Gasteiger partial charge is 0.338 e. The molecule has 1 aliphatic rings. The van der Waals surface area contributed by atoms with E-state index in [0.717, 1.165) is 13.0 Å². The lowest BCUT2D eigenvalue weighted by Crippen LogP contribution is -2.29. The van der Waals surface area contributed by atoms with Gasteiger partial charge in [0.15, 0.2) is 0 Å². The fourth-order valence-electron chi connectivity index (χ4n) is 2.14. The van der Waals surface area contributed by atoms with Gasteiger partial charge in [0.05, 0.1) is 12.2 Å². The van der Waals surface area contributed by atoms with Gasteiger partial charge in [0.25, 0.3) is 0 Å². The number of ether oxygens (including phenoxy) is 1. The molecule has 0 aliphatic carbocycles. The summed E-state index contributed by atoms with van der Waals surface area (Å²) in [6, 6.07) is 4.22. The predicted octanol–water partition coefficient (Wildman–Crippen LogP) is 2.31. The molecule has 1 aromatic carbocycles. The summed E-state index contributed by atoms with van der Waals surface area (Å²) in [6.45, 7) is 2.09. The van der Waals surface area contributed by atoms with Crippen molar-refractivity contribution < 1.29 is 19.0 Å². The van der Waals surface area contributed by atoms with Gasteiger partial charge in [-0.25, -0.2) is 9.18 Å². The Morgan fingerprint density at radius 2 is 2.32 bits per heavy atom. The Labute approximate surface area is 111 Å². The van der Waals surface area contributed by atoms with E-state index < -0.39 is 11.8 Å². The Morgan fingerprint density at radius 1 is 1.53 bits per heavy atom. The van der Waals surface area contributed by atoms with Crippen LogP contribution in [0, 0.1) is 5.82 Å². The van der Waals surface area contributed by atoms with Crippen molar-refractivity contribution in [3.05, 3.63) is 41.2 Å². The number of nitrogens with zero attached hydrogens (tertiary/aromatic N) is 1. The van der Waals surface area contributed by atoms with Crippen molar-refractivity contribution in [2.75, 3.05) is 31.7 Å². The molecule has 1 N–H and O–H groups in total. The van der Waals surface area contributed by atoms with E-state index in [1.807, 2.05) is 4.90 Å². The van der Waals surface area contributed by atoms with Crippen LogP contribution in [0.3, 0.4) is 0 Å². The highest BCUT2D eigenvalue weighted by Gasteiger charge is 2.15. The van der Waals surface area contributed by atoms with Crippen LogP contribution in [0.4, 0.5) is 10.1 Å². The third-order valence-electron chi connectivity index (χ3n) is 3.18. The van der Waals surface area contributed by atoms with Crippen LogP contribution in [-0.4, -0.2) is 37.9 Å². The van der Waals surface area contributed by atoms with Crippen molar-refractivity contribution >= 4 is 11.7 Å². The Kier molecular flexibility index (Phi) is 4.16. The van der Waals surface area contributed by atoms with Crippen molar-refractivity contribution in [3.63, 3.8) is 0 Å². The fraction of sp³-hybridized carbons (Fsp3) is 0.357. The van der Waals surface area contributed by atoms with Gasteiger partial charge in [0.1, 0.15) is 5.82 Å². The van der Waals surface area contributed by atoms with E-state index in [1.165, 1.54) is 17.7 Å². The van der Waals surface area contributed by atoms with Crippen LogP contribution in [0.15, 0.2) is 29.8 Å². The summed E-state index contributed by atoms with van der Waals surface area (Å²) in [5.41, 5.74) is 1.65. The van der Waals surface area contributed by atoms with Crippen molar-refractivity contribution in [2.24, 2.45) is 0 Å². The topological polar surface area (TPSA) is 49.8 Å². The van der Waals surface area contributed by atoms with Gasteiger partial charge >= 0.3 is 5.97 Å². The number of benzene rings is 1. The van der Waals surface area contributed by atoms with Crippen LogP contribution >= 0.6 is 0 Å². The minimum atomic E-state index is -1.25. The molecule has 0 unspecified atom stereocenters. The fourth-order valence-corrected chi connectivity index (χ4v) is 2.14. The lowest BCUT2D eigenvalue weighted by atomic mass is 10.1. The van der Waals surface area contributed by atoms with Gasteiger partial charge in [-0.1, -0.05) is 6.08 Å². The van der Waals surface area contributed by atoms with Crippen LogP contribution in [0.25, 0.3) is 0 Å². The normalized spacial score (nSPS) is 15.3. The zero-order valence-electron chi connectivity index (χ0n) is 10.7. The zero-order chi connectivity index (χ0) is 13.8. The van der Waals surface area contributed by atoms with Gasteiger partial charge in [0, 0.05) is 25.9 Å². The molecule has 0 aromatic heterocycles. The molecule has 0 atom stereocenters. The van der Waals surface area contributed by atoms with E-state index >= 15 is 0 Å². The van der Waals surface area contributed by atoms with E-state index in [0.29, 0.717) is 18.8 Å². The molecule has 0 bridgehead atoms. The average Bonchev–Trinajstić information content (AvgIpc) is 2.39. The zero-order valence-corrected chi connectivity index (χ0v) is 10.7. The second kappa shape index (κ2) is 5.84. The monoisotopic (exact) mass is 265 g/mol. The van der Waals surface area contributed by atoms with Gasteiger partial charge in [-0.05, 0) is 30.2 Å². The number of carboxylic acid groups (broad SMARTS) is 1. The molecule has 0 saturated carbocycles. The second-order valence-corrected chi connectivity index (χ2v) is 4.46. The molecule has 0 fully saturated rings. The molecule has 102 valence electrons. The van der Waals surface area contributed by atoms with Gasteiger partial charge in [-0.3, -0.25) is 0 Å². The first kappa shape index (κ1) is 13.5. The van der Waals surface area contributed by atoms with E-state index in [1.54, 1.807) is 13.2 Å². The van der Waals surface area contributed by atoms with E-state index in [4.69, 9.17) is 9.84 Å². The lowest BCUT2D eigenvalue weighted by Gasteiger charge is -2.28. The van der Waals surface area contributed by atoms with Gasteiger partial charge in [-0.15, -0.1) is 0 Å². The minimum Gasteiger partial charge on any atom is -0.478 e. The molecule has 0 amide bonds. The quantitative estimate of drug-likeness (QED) is 0.849. The molecular weight excluding hydrogens is 249 g/mol. The number of carboxylic acids is 1. The molecular formula is C14H16FNO3. The Morgan fingerprint density at radius 3 is 2.84 bits per heavy atom. The molecule has 1 aromatic rings. The van der Waals surface area contributed by atoms with Crippen LogP contribution < -0.4 is 4.90 Å². The first-order valence-electron chi connectivity index (χ1n) is 6.06. The van der Waals surface area contributed by atoms with E-state index in [-0.39, 0.29) is 5.56 Å². The molecule has 0 saturated heterocycles. The summed E-state index contributed by atoms with van der Waals surface area (Å²) in [5, 5.41) is 8.78. The van der Waals surface area contributed by atoms with Gasteiger partial charge in [-0.2, -0.15) is 0 Å². The minimum absolute atomic E-state index is 0.295. The summed E-state index contributed by atoms with van der Waals surface area (Å²) in [4.78, 5) is 12.8. The standard InChI is InChI=1S/C14H16FNO3/c1-19-9-10-4-6-16(7-5-10)11-2-3-12(14(17)18)13(15)8-11/h2-4,8H,5-7,9H2,1H3,(H,17,18). The molecule has 0 radical (unpaired) electrons. The number of hydrogen-bond donors (Lipinski definition) is 1. The van der Waals surface area contributed by atoms with Crippen molar-refractivity contribution in [2.45, 2.75) is 6.42 Å². The number of hydrogen-bond acceptors (Lipinski definition) is 3. The lowest BCUT2D eigenvalue weighted by molar-refractivity contribution is 0.0692. The molecule has 2 rings (SSSR count). The van der Waals surface area contributed by atoms with Gasteiger partial charge in [0.2, 0.25) is 0 Å². The molecule has 1 heterocycles. The SMILES string of the molecule is COCC1=CCN(c2ccc(C(=O)O)c(F)c2)CC1. The third kappa shape index (κ3) is 3.12. The molecule has 1 aliphatic heterocycles. The van der Waals surface area contributed by atoms with Crippen LogP contribution in [-0.2, 0) is 4.74 Å². The Hall–Kier alpha value is -1.88. The highest BCUT2D eigenvalue weighted by molar-refractivity contribution is 5.88. The second-order valence-electron chi connectivity index (χ2n) is 4.46. The van der Waals surface area contributed by atoms with Crippen molar-refractivity contribution in [1.29, 1.82) is 0 Å².